The van der Waals surface area contributed by atoms with E-state index in [1.54, 1.807) is 5.38 Å². The minimum Gasteiger partial charge on any atom is -0.351 e. The van der Waals surface area contributed by atoms with E-state index in [0.29, 0.717) is 5.69 Å². The molecule has 5 heteroatoms. The number of hydrogen-bond donors (Lipinski definition) is 1. The SMILES string of the molecule is Cc1nc(C(=O)NCCCCCCI)cs1. The van der Waals surface area contributed by atoms with E-state index in [4.69, 9.17) is 0 Å². The van der Waals surface area contributed by atoms with Crippen molar-refractivity contribution >= 4 is 39.8 Å². The monoisotopic (exact) mass is 352 g/mol. The van der Waals surface area contributed by atoms with Gasteiger partial charge in [0.1, 0.15) is 5.69 Å². The van der Waals surface area contributed by atoms with Gasteiger partial charge in [0.05, 0.1) is 5.01 Å². The normalized spacial score (nSPS) is 10.4. The summed E-state index contributed by atoms with van der Waals surface area (Å²) >= 11 is 3.90. The fourth-order valence-electron chi connectivity index (χ4n) is 1.33. The van der Waals surface area contributed by atoms with Gasteiger partial charge in [-0.1, -0.05) is 35.4 Å². The average molecular weight is 352 g/mol. The molecule has 1 aromatic rings. The molecule has 1 amide bonds. The van der Waals surface area contributed by atoms with Gasteiger partial charge >= 0.3 is 0 Å². The third kappa shape index (κ3) is 5.25. The number of unbranched alkanes of at least 4 members (excludes halogenated alkanes) is 3. The van der Waals surface area contributed by atoms with Gasteiger partial charge in [0, 0.05) is 11.9 Å². The summed E-state index contributed by atoms with van der Waals surface area (Å²) in [6.07, 6.45) is 4.79. The zero-order valence-corrected chi connectivity index (χ0v) is 12.4. The van der Waals surface area contributed by atoms with Gasteiger partial charge in [-0.05, 0) is 24.2 Å². The van der Waals surface area contributed by atoms with Gasteiger partial charge in [-0.15, -0.1) is 11.3 Å². The number of nitrogens with zero attached hydrogens (tertiary/aromatic N) is 1. The van der Waals surface area contributed by atoms with E-state index in [1.165, 1.54) is 35.0 Å². The molecule has 0 atom stereocenters. The number of aryl methyl sites for hydroxylation is 1. The molecule has 1 heterocycles. The summed E-state index contributed by atoms with van der Waals surface area (Å²) in [6, 6.07) is 0. The number of amides is 1. The molecule has 0 radical (unpaired) electrons. The maximum absolute atomic E-state index is 11.6. The highest BCUT2D eigenvalue weighted by molar-refractivity contribution is 14.1. The standard InChI is InChI=1S/C11H17IN2OS/c1-9-14-10(8-16-9)11(15)13-7-5-3-2-4-6-12/h8H,2-7H2,1H3,(H,13,15). The molecule has 0 aromatic carbocycles. The van der Waals surface area contributed by atoms with Crippen molar-refractivity contribution < 1.29 is 4.79 Å². The van der Waals surface area contributed by atoms with Crippen molar-refractivity contribution in [2.24, 2.45) is 0 Å². The van der Waals surface area contributed by atoms with Gasteiger partial charge in [0.25, 0.3) is 5.91 Å². The van der Waals surface area contributed by atoms with Crippen LogP contribution in [0, 0.1) is 6.92 Å². The third-order valence-electron chi connectivity index (χ3n) is 2.20. The largest absolute Gasteiger partial charge is 0.351 e. The van der Waals surface area contributed by atoms with E-state index in [1.807, 2.05) is 6.92 Å². The molecule has 0 bridgehead atoms. The first-order valence-corrected chi connectivity index (χ1v) is 7.91. The number of nitrogens with one attached hydrogen (secondary N) is 1. The molecule has 1 N–H and O–H groups in total. The summed E-state index contributed by atoms with van der Waals surface area (Å²) in [5.74, 6) is -0.0433. The van der Waals surface area contributed by atoms with Crippen molar-refractivity contribution in [3.05, 3.63) is 16.1 Å². The molecule has 0 fully saturated rings. The van der Waals surface area contributed by atoms with Crippen LogP contribution in [0.2, 0.25) is 0 Å². The lowest BCUT2D eigenvalue weighted by Gasteiger charge is -2.02. The molecule has 90 valence electrons. The number of aromatic nitrogens is 1. The van der Waals surface area contributed by atoms with Gasteiger partial charge in [-0.25, -0.2) is 4.98 Å². The van der Waals surface area contributed by atoms with E-state index in [0.717, 1.165) is 18.0 Å². The lowest BCUT2D eigenvalue weighted by Crippen LogP contribution is -2.24. The molecule has 16 heavy (non-hydrogen) atoms. The molecule has 3 nitrogen and oxygen atoms in total. The fourth-order valence-corrected chi connectivity index (χ4v) is 2.47. The second-order valence-electron chi connectivity index (χ2n) is 3.61. The molecule has 0 aliphatic heterocycles. The van der Waals surface area contributed by atoms with E-state index in [-0.39, 0.29) is 5.91 Å². The first-order valence-electron chi connectivity index (χ1n) is 5.50. The Balaban J connectivity index is 2.11. The maximum Gasteiger partial charge on any atom is 0.270 e. The molecule has 0 unspecified atom stereocenters. The minimum absolute atomic E-state index is 0.0433. The minimum atomic E-state index is -0.0433. The van der Waals surface area contributed by atoms with Crippen molar-refractivity contribution in [2.75, 3.05) is 11.0 Å². The molecule has 0 spiro atoms. The summed E-state index contributed by atoms with van der Waals surface area (Å²) in [5, 5.41) is 5.64. The van der Waals surface area contributed by atoms with Crippen molar-refractivity contribution in [3.63, 3.8) is 0 Å². The smallest absolute Gasteiger partial charge is 0.270 e. The molecule has 1 rings (SSSR count). The molecule has 0 aliphatic carbocycles. The quantitative estimate of drug-likeness (QED) is 0.465. The van der Waals surface area contributed by atoms with Crippen LogP contribution < -0.4 is 5.32 Å². The highest BCUT2D eigenvalue weighted by Crippen LogP contribution is 2.07. The van der Waals surface area contributed by atoms with Crippen LogP contribution in [-0.2, 0) is 0 Å². The Labute approximate surface area is 114 Å². The predicted octanol–water partition coefficient (Wildman–Crippen LogP) is 3.18. The van der Waals surface area contributed by atoms with Crippen LogP contribution in [0.3, 0.4) is 0 Å². The molecular weight excluding hydrogens is 335 g/mol. The summed E-state index contributed by atoms with van der Waals surface area (Å²) in [7, 11) is 0. The lowest BCUT2D eigenvalue weighted by molar-refractivity contribution is 0.0948. The van der Waals surface area contributed by atoms with E-state index in [9.17, 15) is 4.79 Å². The maximum atomic E-state index is 11.6. The Morgan fingerprint density at radius 3 is 2.81 bits per heavy atom. The number of alkyl halides is 1. The van der Waals surface area contributed by atoms with Gasteiger partial charge in [0.15, 0.2) is 0 Å². The highest BCUT2D eigenvalue weighted by atomic mass is 127. The Kier molecular flexibility index (Phi) is 6.95. The average Bonchev–Trinajstić information content (AvgIpc) is 2.70. The summed E-state index contributed by atoms with van der Waals surface area (Å²) in [4.78, 5) is 15.7. The number of rotatable bonds is 7. The van der Waals surface area contributed by atoms with Crippen LogP contribution in [0.5, 0.6) is 0 Å². The number of carbonyl (C=O) groups is 1. The molecule has 0 aliphatic rings. The number of halogens is 1. The van der Waals surface area contributed by atoms with Gasteiger partial charge < -0.3 is 5.32 Å². The summed E-state index contributed by atoms with van der Waals surface area (Å²) < 4.78 is 1.22. The molecule has 0 saturated carbocycles. The highest BCUT2D eigenvalue weighted by Gasteiger charge is 2.07. The zero-order chi connectivity index (χ0) is 11.8. The van der Waals surface area contributed by atoms with Crippen LogP contribution in [0.1, 0.15) is 41.2 Å². The molecule has 1 aromatic heterocycles. The first-order chi connectivity index (χ1) is 7.74. The van der Waals surface area contributed by atoms with Crippen molar-refractivity contribution in [3.8, 4) is 0 Å². The second kappa shape index (κ2) is 8.00. The third-order valence-corrected chi connectivity index (χ3v) is 3.73. The van der Waals surface area contributed by atoms with Crippen LogP contribution in [0.15, 0.2) is 5.38 Å². The Morgan fingerprint density at radius 2 is 2.19 bits per heavy atom. The van der Waals surface area contributed by atoms with Gasteiger partial charge in [-0.3, -0.25) is 4.79 Å². The first kappa shape index (κ1) is 13.9. The predicted molar refractivity (Wildman–Crippen MR) is 76.5 cm³/mol. The zero-order valence-electron chi connectivity index (χ0n) is 9.46. The molecule has 0 saturated heterocycles. The van der Waals surface area contributed by atoms with Crippen molar-refractivity contribution in [2.45, 2.75) is 32.6 Å². The Morgan fingerprint density at radius 1 is 1.44 bits per heavy atom. The van der Waals surface area contributed by atoms with Crippen molar-refractivity contribution in [1.29, 1.82) is 0 Å². The van der Waals surface area contributed by atoms with Gasteiger partial charge in [0.2, 0.25) is 0 Å². The second-order valence-corrected chi connectivity index (χ2v) is 5.75. The number of carbonyl (C=O) groups excluding carboxylic acids is 1. The van der Waals surface area contributed by atoms with Crippen molar-refractivity contribution in [1.82, 2.24) is 10.3 Å². The van der Waals surface area contributed by atoms with Crippen LogP contribution in [0.25, 0.3) is 0 Å². The Hall–Kier alpha value is -0.170. The van der Waals surface area contributed by atoms with Gasteiger partial charge in [-0.2, -0.15) is 0 Å². The fraction of sp³-hybridized carbons (Fsp3) is 0.636. The van der Waals surface area contributed by atoms with Crippen LogP contribution >= 0.6 is 33.9 Å². The number of thiazole rings is 1. The van der Waals surface area contributed by atoms with Crippen LogP contribution in [-0.4, -0.2) is 21.9 Å². The summed E-state index contributed by atoms with van der Waals surface area (Å²) in [5.41, 5.74) is 0.551. The topological polar surface area (TPSA) is 42.0 Å². The van der Waals surface area contributed by atoms with Crippen LogP contribution in [0.4, 0.5) is 0 Å². The lowest BCUT2D eigenvalue weighted by atomic mass is 10.2. The van der Waals surface area contributed by atoms with E-state index < -0.39 is 0 Å². The summed E-state index contributed by atoms with van der Waals surface area (Å²) in [6.45, 7) is 2.67. The number of hydrogen-bond acceptors (Lipinski definition) is 3. The Bertz CT molecular complexity index is 328. The van der Waals surface area contributed by atoms with E-state index in [2.05, 4.69) is 32.9 Å². The molecular formula is C11H17IN2OS. The van der Waals surface area contributed by atoms with E-state index >= 15 is 0 Å².